The van der Waals surface area contributed by atoms with Crippen LogP contribution in [0.2, 0.25) is 5.02 Å². The molecule has 7 heteroatoms. The molecular formula is C16H24ClN3O3. The van der Waals surface area contributed by atoms with E-state index in [1.807, 2.05) is 24.3 Å². The zero-order valence-corrected chi connectivity index (χ0v) is 14.7. The van der Waals surface area contributed by atoms with E-state index in [2.05, 4.69) is 15.8 Å². The van der Waals surface area contributed by atoms with E-state index in [-0.39, 0.29) is 0 Å². The van der Waals surface area contributed by atoms with Gasteiger partial charge in [0.25, 0.3) is 0 Å². The van der Waals surface area contributed by atoms with Crippen molar-refractivity contribution in [3.05, 3.63) is 34.9 Å². The Hall–Kier alpha value is -1.79. The summed E-state index contributed by atoms with van der Waals surface area (Å²) in [5.74, 6) is 0.607. The Morgan fingerprint density at radius 1 is 1.22 bits per heavy atom. The predicted molar refractivity (Wildman–Crippen MR) is 91.8 cm³/mol. The fraction of sp³-hybridized carbons (Fsp3) is 0.500. The van der Waals surface area contributed by atoms with Gasteiger partial charge in [0.1, 0.15) is 11.4 Å². The second kappa shape index (κ2) is 9.37. The van der Waals surface area contributed by atoms with Gasteiger partial charge in [-0.3, -0.25) is 10.4 Å². The van der Waals surface area contributed by atoms with E-state index in [0.717, 1.165) is 5.56 Å². The van der Waals surface area contributed by atoms with Crippen molar-refractivity contribution in [2.24, 2.45) is 4.99 Å². The summed E-state index contributed by atoms with van der Waals surface area (Å²) in [5.41, 5.74) is 5.75. The number of aliphatic imine (C=N–C) groups is 1. The molecule has 0 saturated heterocycles. The van der Waals surface area contributed by atoms with Crippen LogP contribution in [0.15, 0.2) is 29.3 Å². The van der Waals surface area contributed by atoms with Crippen LogP contribution >= 0.6 is 11.6 Å². The number of rotatable bonds is 5. The molecule has 0 spiro atoms. The minimum Gasteiger partial charge on any atom is -0.443 e. The Balaban J connectivity index is 2.63. The molecule has 0 aliphatic heterocycles. The third-order valence-electron chi connectivity index (χ3n) is 2.59. The summed E-state index contributed by atoms with van der Waals surface area (Å²) in [7, 11) is 1.61. The van der Waals surface area contributed by atoms with Gasteiger partial charge in [0.05, 0.1) is 13.2 Å². The SMILES string of the molecule is COCCN=C(Cc1ccc(Cl)cc1)NNC(=O)OC(C)(C)C. The molecule has 6 nitrogen and oxygen atoms in total. The number of nitrogens with one attached hydrogen (secondary N) is 2. The average molecular weight is 342 g/mol. The quantitative estimate of drug-likeness (QED) is 0.374. The highest BCUT2D eigenvalue weighted by atomic mass is 35.5. The highest BCUT2D eigenvalue weighted by Gasteiger charge is 2.16. The molecule has 0 unspecified atom stereocenters. The van der Waals surface area contributed by atoms with Gasteiger partial charge in [-0.2, -0.15) is 0 Å². The lowest BCUT2D eigenvalue weighted by molar-refractivity contribution is 0.0512. The van der Waals surface area contributed by atoms with E-state index in [9.17, 15) is 4.79 Å². The van der Waals surface area contributed by atoms with Crippen LogP contribution < -0.4 is 10.9 Å². The number of hydrogen-bond donors (Lipinski definition) is 2. The number of halogens is 1. The molecule has 1 aromatic rings. The van der Waals surface area contributed by atoms with Gasteiger partial charge in [-0.05, 0) is 38.5 Å². The van der Waals surface area contributed by atoms with Crippen LogP contribution in [0.3, 0.4) is 0 Å². The number of nitrogens with zero attached hydrogens (tertiary/aromatic N) is 1. The van der Waals surface area contributed by atoms with Crippen LogP contribution in [-0.2, 0) is 15.9 Å². The highest BCUT2D eigenvalue weighted by Crippen LogP contribution is 2.10. The number of hydrazine groups is 1. The molecule has 23 heavy (non-hydrogen) atoms. The summed E-state index contributed by atoms with van der Waals surface area (Å²) in [6, 6.07) is 7.43. The van der Waals surface area contributed by atoms with E-state index in [4.69, 9.17) is 21.1 Å². The number of ether oxygens (including phenoxy) is 2. The Morgan fingerprint density at radius 2 is 1.87 bits per heavy atom. The van der Waals surface area contributed by atoms with Crippen molar-refractivity contribution in [3.63, 3.8) is 0 Å². The maximum absolute atomic E-state index is 11.7. The lowest BCUT2D eigenvalue weighted by atomic mass is 10.1. The summed E-state index contributed by atoms with van der Waals surface area (Å²) in [4.78, 5) is 16.1. The molecular weight excluding hydrogens is 318 g/mol. The third kappa shape index (κ3) is 9.05. The van der Waals surface area contributed by atoms with Crippen molar-refractivity contribution in [1.82, 2.24) is 10.9 Å². The van der Waals surface area contributed by atoms with E-state index in [0.29, 0.717) is 30.4 Å². The molecule has 1 amide bonds. The van der Waals surface area contributed by atoms with Crippen molar-refractivity contribution >= 4 is 23.5 Å². The van der Waals surface area contributed by atoms with Crippen molar-refractivity contribution in [3.8, 4) is 0 Å². The van der Waals surface area contributed by atoms with Crippen LogP contribution in [0, 0.1) is 0 Å². The van der Waals surface area contributed by atoms with Gasteiger partial charge >= 0.3 is 6.09 Å². The maximum atomic E-state index is 11.7. The molecule has 0 atom stereocenters. The number of amides is 1. The second-order valence-electron chi connectivity index (χ2n) is 5.88. The number of amidine groups is 1. The third-order valence-corrected chi connectivity index (χ3v) is 2.84. The minimum atomic E-state index is -0.562. The van der Waals surface area contributed by atoms with Crippen LogP contribution in [-0.4, -0.2) is 37.8 Å². The van der Waals surface area contributed by atoms with Gasteiger partial charge in [0.2, 0.25) is 0 Å². The van der Waals surface area contributed by atoms with E-state index in [1.54, 1.807) is 27.9 Å². The topological polar surface area (TPSA) is 72.0 Å². The van der Waals surface area contributed by atoms with E-state index >= 15 is 0 Å². The van der Waals surface area contributed by atoms with Gasteiger partial charge in [-0.1, -0.05) is 23.7 Å². The van der Waals surface area contributed by atoms with E-state index in [1.165, 1.54) is 0 Å². The summed E-state index contributed by atoms with van der Waals surface area (Å²) in [6.45, 7) is 6.39. The smallest absolute Gasteiger partial charge is 0.426 e. The molecule has 0 aliphatic rings. The molecule has 0 fully saturated rings. The number of carbonyl (C=O) groups is 1. The Labute approximate surface area is 142 Å². The van der Waals surface area contributed by atoms with Crippen LogP contribution in [0.5, 0.6) is 0 Å². The lowest BCUT2D eigenvalue weighted by Gasteiger charge is -2.20. The van der Waals surface area contributed by atoms with Crippen molar-refractivity contribution in [2.75, 3.05) is 20.3 Å². The van der Waals surface area contributed by atoms with Crippen molar-refractivity contribution in [1.29, 1.82) is 0 Å². The summed E-state index contributed by atoms with van der Waals surface area (Å²) in [5, 5.41) is 0.673. The fourth-order valence-corrected chi connectivity index (χ4v) is 1.76. The van der Waals surface area contributed by atoms with Crippen LogP contribution in [0.1, 0.15) is 26.3 Å². The van der Waals surface area contributed by atoms with Gasteiger partial charge in [-0.15, -0.1) is 0 Å². The van der Waals surface area contributed by atoms with Crippen molar-refractivity contribution in [2.45, 2.75) is 32.8 Å². The largest absolute Gasteiger partial charge is 0.443 e. The molecule has 128 valence electrons. The van der Waals surface area contributed by atoms with Gasteiger partial charge in [0, 0.05) is 18.6 Å². The normalized spacial score (nSPS) is 12.0. The molecule has 0 aromatic heterocycles. The van der Waals surface area contributed by atoms with Gasteiger partial charge in [-0.25, -0.2) is 10.2 Å². The molecule has 2 N–H and O–H groups in total. The Morgan fingerprint density at radius 3 is 2.43 bits per heavy atom. The highest BCUT2D eigenvalue weighted by molar-refractivity contribution is 6.30. The first-order chi connectivity index (χ1) is 10.8. The molecule has 0 radical (unpaired) electrons. The van der Waals surface area contributed by atoms with Crippen LogP contribution in [0.4, 0.5) is 4.79 Å². The average Bonchev–Trinajstić information content (AvgIpc) is 2.45. The fourth-order valence-electron chi connectivity index (χ4n) is 1.63. The number of carbonyl (C=O) groups excluding carboxylic acids is 1. The van der Waals surface area contributed by atoms with Gasteiger partial charge < -0.3 is 9.47 Å². The first-order valence-electron chi connectivity index (χ1n) is 7.32. The minimum absolute atomic E-state index is 0.489. The monoisotopic (exact) mass is 341 g/mol. The molecule has 0 aliphatic carbocycles. The van der Waals surface area contributed by atoms with Crippen LogP contribution in [0.25, 0.3) is 0 Å². The van der Waals surface area contributed by atoms with Gasteiger partial charge in [0.15, 0.2) is 0 Å². The zero-order chi connectivity index (χ0) is 17.3. The molecule has 0 bridgehead atoms. The lowest BCUT2D eigenvalue weighted by Crippen LogP contribution is -2.45. The maximum Gasteiger partial charge on any atom is 0.426 e. The number of hydrogen-bond acceptors (Lipinski definition) is 4. The van der Waals surface area contributed by atoms with E-state index < -0.39 is 11.7 Å². The standard InChI is InChI=1S/C16H24ClN3O3/c1-16(2,3)23-15(21)20-19-14(18-9-10-22-4)11-12-5-7-13(17)8-6-12/h5-8H,9-11H2,1-4H3,(H,18,19)(H,20,21). The molecule has 0 saturated carbocycles. The zero-order valence-electron chi connectivity index (χ0n) is 14.0. The first-order valence-corrected chi connectivity index (χ1v) is 7.69. The first kappa shape index (κ1) is 19.3. The molecule has 0 heterocycles. The number of benzene rings is 1. The number of methoxy groups -OCH3 is 1. The summed E-state index contributed by atoms with van der Waals surface area (Å²) < 4.78 is 10.2. The summed E-state index contributed by atoms with van der Waals surface area (Å²) in [6.07, 6.45) is -0.0375. The molecule has 1 aromatic carbocycles. The summed E-state index contributed by atoms with van der Waals surface area (Å²) >= 11 is 5.88. The Bertz CT molecular complexity index is 524. The van der Waals surface area contributed by atoms with Crippen molar-refractivity contribution < 1.29 is 14.3 Å². The predicted octanol–water partition coefficient (Wildman–Crippen LogP) is 2.96. The second-order valence-corrected chi connectivity index (χ2v) is 6.31. The molecule has 1 rings (SSSR count). The Kier molecular flexibility index (Phi) is 7.85.